The van der Waals surface area contributed by atoms with Crippen LogP contribution < -0.4 is 16.0 Å². The molecule has 1 aromatic carbocycles. The summed E-state index contributed by atoms with van der Waals surface area (Å²) in [6.07, 6.45) is 2.31. The summed E-state index contributed by atoms with van der Waals surface area (Å²) in [4.78, 5) is 13.3. The molecule has 0 bridgehead atoms. The third-order valence-electron chi connectivity index (χ3n) is 3.69. The molecule has 1 amide bonds. The lowest BCUT2D eigenvalue weighted by Gasteiger charge is -2.36. The highest BCUT2D eigenvalue weighted by atomic mass is 32.1. The van der Waals surface area contributed by atoms with Crippen molar-refractivity contribution in [2.24, 2.45) is 5.73 Å². The molecule has 0 aliphatic carbocycles. The molecule has 1 atom stereocenters. The SMILES string of the molecule is CNC(=O)C1CCCCN1c1ccc(C(N)=S)c(F)c1F. The van der Waals surface area contributed by atoms with E-state index in [1.54, 1.807) is 4.90 Å². The summed E-state index contributed by atoms with van der Waals surface area (Å²) in [5, 5.41) is 2.56. The van der Waals surface area contributed by atoms with Crippen LogP contribution in [0.2, 0.25) is 0 Å². The molecular formula is C14H17F2N3OS. The number of rotatable bonds is 3. The van der Waals surface area contributed by atoms with Crippen molar-refractivity contribution in [3.63, 3.8) is 0 Å². The quantitative estimate of drug-likeness (QED) is 0.834. The second-order valence-corrected chi connectivity index (χ2v) is 5.38. The first kappa shape index (κ1) is 15.6. The summed E-state index contributed by atoms with van der Waals surface area (Å²) in [5.74, 6) is -2.29. The van der Waals surface area contributed by atoms with Crippen LogP contribution in [0.4, 0.5) is 14.5 Å². The molecule has 1 aliphatic heterocycles. The molecule has 21 heavy (non-hydrogen) atoms. The maximum absolute atomic E-state index is 14.3. The predicted octanol–water partition coefficient (Wildman–Crippen LogP) is 1.70. The third-order valence-corrected chi connectivity index (χ3v) is 3.91. The highest BCUT2D eigenvalue weighted by Gasteiger charge is 2.31. The Balaban J connectivity index is 2.42. The zero-order chi connectivity index (χ0) is 15.6. The van der Waals surface area contributed by atoms with Crippen LogP contribution in [0.15, 0.2) is 12.1 Å². The molecule has 114 valence electrons. The number of halogens is 2. The molecule has 1 saturated heterocycles. The molecule has 0 aromatic heterocycles. The van der Waals surface area contributed by atoms with E-state index in [-0.39, 0.29) is 22.1 Å². The fourth-order valence-corrected chi connectivity index (χ4v) is 2.77. The molecule has 1 aromatic rings. The largest absolute Gasteiger partial charge is 0.389 e. The molecule has 1 fully saturated rings. The van der Waals surface area contributed by atoms with Gasteiger partial charge in [0.15, 0.2) is 11.6 Å². The van der Waals surface area contributed by atoms with Crippen LogP contribution >= 0.6 is 12.2 Å². The molecule has 3 N–H and O–H groups in total. The normalized spacial score (nSPS) is 18.4. The maximum atomic E-state index is 14.3. The van der Waals surface area contributed by atoms with Gasteiger partial charge in [-0.2, -0.15) is 0 Å². The Labute approximate surface area is 127 Å². The van der Waals surface area contributed by atoms with Gasteiger partial charge in [0.1, 0.15) is 11.0 Å². The standard InChI is InChI=1S/C14H17F2N3OS/c1-18-14(20)10-4-2-3-7-19(10)9-6-5-8(13(17)21)11(15)12(9)16/h5-6,10H,2-4,7H2,1H3,(H2,17,21)(H,18,20). The Morgan fingerprint density at radius 3 is 2.71 bits per heavy atom. The van der Waals surface area contributed by atoms with Crippen molar-refractivity contribution in [2.45, 2.75) is 25.3 Å². The molecular weight excluding hydrogens is 296 g/mol. The topological polar surface area (TPSA) is 58.4 Å². The molecule has 2 rings (SSSR count). The van der Waals surface area contributed by atoms with Gasteiger partial charge in [0.2, 0.25) is 5.91 Å². The number of amides is 1. The number of nitrogens with zero attached hydrogens (tertiary/aromatic N) is 1. The second-order valence-electron chi connectivity index (χ2n) is 4.94. The Bertz CT molecular complexity index is 580. The minimum Gasteiger partial charge on any atom is -0.389 e. The van der Waals surface area contributed by atoms with Crippen molar-refractivity contribution < 1.29 is 13.6 Å². The van der Waals surface area contributed by atoms with Crippen molar-refractivity contribution in [1.82, 2.24) is 5.32 Å². The van der Waals surface area contributed by atoms with Gasteiger partial charge in [0.25, 0.3) is 0 Å². The molecule has 0 spiro atoms. The van der Waals surface area contributed by atoms with Gasteiger partial charge >= 0.3 is 0 Å². The van der Waals surface area contributed by atoms with Crippen molar-refractivity contribution in [1.29, 1.82) is 0 Å². The number of hydrogen-bond donors (Lipinski definition) is 2. The van der Waals surface area contributed by atoms with E-state index in [0.29, 0.717) is 13.0 Å². The van der Waals surface area contributed by atoms with Gasteiger partial charge in [-0.05, 0) is 31.4 Å². The number of hydrogen-bond acceptors (Lipinski definition) is 3. The van der Waals surface area contributed by atoms with Crippen LogP contribution in [-0.2, 0) is 4.79 Å². The van der Waals surface area contributed by atoms with E-state index < -0.39 is 17.7 Å². The van der Waals surface area contributed by atoms with Crippen molar-refractivity contribution in [2.75, 3.05) is 18.5 Å². The average Bonchev–Trinajstić information content (AvgIpc) is 2.49. The Kier molecular flexibility index (Phi) is 4.72. The first-order valence-corrected chi connectivity index (χ1v) is 7.14. The lowest BCUT2D eigenvalue weighted by molar-refractivity contribution is -0.122. The Morgan fingerprint density at radius 1 is 1.38 bits per heavy atom. The number of benzene rings is 1. The van der Waals surface area contributed by atoms with Crippen LogP contribution in [0.3, 0.4) is 0 Å². The fourth-order valence-electron chi connectivity index (χ4n) is 2.61. The second kappa shape index (κ2) is 6.34. The third kappa shape index (κ3) is 2.97. The molecule has 7 heteroatoms. The van der Waals surface area contributed by atoms with Crippen LogP contribution in [0.5, 0.6) is 0 Å². The van der Waals surface area contributed by atoms with E-state index in [2.05, 4.69) is 17.5 Å². The number of carbonyl (C=O) groups excluding carboxylic acids is 1. The zero-order valence-corrected chi connectivity index (χ0v) is 12.5. The Morgan fingerprint density at radius 2 is 2.10 bits per heavy atom. The van der Waals surface area contributed by atoms with Gasteiger partial charge in [0.05, 0.1) is 5.69 Å². The monoisotopic (exact) mass is 313 g/mol. The van der Waals surface area contributed by atoms with E-state index in [4.69, 9.17) is 5.73 Å². The number of nitrogens with two attached hydrogens (primary N) is 1. The van der Waals surface area contributed by atoms with Gasteiger partial charge in [-0.3, -0.25) is 4.79 Å². The summed E-state index contributed by atoms with van der Waals surface area (Å²) in [5.41, 5.74) is 5.30. The molecule has 0 saturated carbocycles. The molecule has 4 nitrogen and oxygen atoms in total. The van der Waals surface area contributed by atoms with Gasteiger partial charge in [-0.25, -0.2) is 8.78 Å². The lowest BCUT2D eigenvalue weighted by atomic mass is 10.00. The van der Waals surface area contributed by atoms with E-state index in [1.807, 2.05) is 0 Å². The number of nitrogens with one attached hydrogen (secondary N) is 1. The smallest absolute Gasteiger partial charge is 0.242 e. The van der Waals surface area contributed by atoms with Crippen LogP contribution in [-0.4, -0.2) is 30.5 Å². The molecule has 1 aliphatic rings. The summed E-state index contributed by atoms with van der Waals surface area (Å²) >= 11 is 4.69. The number of likely N-dealkylation sites (N-methyl/N-ethyl adjacent to an activating group) is 1. The van der Waals surface area contributed by atoms with E-state index in [0.717, 1.165) is 12.8 Å². The first-order valence-electron chi connectivity index (χ1n) is 6.73. The summed E-state index contributed by atoms with van der Waals surface area (Å²) in [7, 11) is 1.53. The van der Waals surface area contributed by atoms with E-state index in [1.165, 1.54) is 19.2 Å². The fraction of sp³-hybridized carbons (Fsp3) is 0.429. The Hall–Kier alpha value is -1.76. The van der Waals surface area contributed by atoms with Crippen molar-refractivity contribution in [3.05, 3.63) is 29.3 Å². The van der Waals surface area contributed by atoms with E-state index >= 15 is 0 Å². The van der Waals surface area contributed by atoms with Crippen LogP contribution in [0.1, 0.15) is 24.8 Å². The average molecular weight is 313 g/mol. The summed E-state index contributed by atoms with van der Waals surface area (Å²) < 4.78 is 28.3. The number of carbonyl (C=O) groups is 1. The molecule has 1 unspecified atom stereocenters. The molecule has 0 radical (unpaired) electrons. The van der Waals surface area contributed by atoms with Crippen molar-refractivity contribution in [3.8, 4) is 0 Å². The molecule has 1 heterocycles. The highest BCUT2D eigenvalue weighted by Crippen LogP contribution is 2.30. The maximum Gasteiger partial charge on any atom is 0.242 e. The summed E-state index contributed by atoms with van der Waals surface area (Å²) in [6, 6.07) is 2.29. The minimum atomic E-state index is -1.07. The zero-order valence-electron chi connectivity index (χ0n) is 11.7. The van der Waals surface area contributed by atoms with Crippen LogP contribution in [0, 0.1) is 11.6 Å². The van der Waals surface area contributed by atoms with Crippen LogP contribution in [0.25, 0.3) is 0 Å². The van der Waals surface area contributed by atoms with Gasteiger partial charge in [-0.1, -0.05) is 12.2 Å². The van der Waals surface area contributed by atoms with Gasteiger partial charge < -0.3 is 16.0 Å². The number of thiocarbonyl (C=S) groups is 1. The van der Waals surface area contributed by atoms with Gasteiger partial charge in [0, 0.05) is 19.2 Å². The number of anilines is 1. The van der Waals surface area contributed by atoms with Gasteiger partial charge in [-0.15, -0.1) is 0 Å². The highest BCUT2D eigenvalue weighted by molar-refractivity contribution is 7.80. The van der Waals surface area contributed by atoms with E-state index in [9.17, 15) is 13.6 Å². The summed E-state index contributed by atoms with van der Waals surface area (Å²) in [6.45, 7) is 0.501. The number of piperidine rings is 1. The minimum absolute atomic E-state index is 0.0702. The first-order chi connectivity index (χ1) is 9.97. The predicted molar refractivity (Wildman–Crippen MR) is 81.3 cm³/mol. The van der Waals surface area contributed by atoms with Crippen molar-refractivity contribution >= 4 is 28.8 Å². The lowest BCUT2D eigenvalue weighted by Crippen LogP contribution is -2.49.